The molecule has 1 saturated carbocycles. The SMILES string of the molecule is C.COC[C@@H](c1cc(Cl)cc(Cl)c1)N1CCC(COc2cc(F)c(C(=O)N3C[C@H](F)C[C@H]3C(=O)O)cc2C2CC2)CC1. The normalized spacial score (nSPS) is 22.1. The van der Waals surface area contributed by atoms with Crippen molar-refractivity contribution in [3.8, 4) is 5.75 Å². The number of hydrogen-bond acceptors (Lipinski definition) is 5. The highest BCUT2D eigenvalue weighted by Crippen LogP contribution is 2.45. The Balaban J connectivity index is 0.00000405. The number of carboxylic acids is 1. The first kappa shape index (κ1) is 32.5. The number of alkyl halides is 1. The number of benzene rings is 2. The van der Waals surface area contributed by atoms with E-state index in [-0.39, 0.29) is 43.8 Å². The van der Waals surface area contributed by atoms with Gasteiger partial charge in [-0.1, -0.05) is 30.6 Å². The summed E-state index contributed by atoms with van der Waals surface area (Å²) in [5.41, 5.74) is 1.51. The predicted octanol–water partition coefficient (Wildman–Crippen LogP) is 6.76. The van der Waals surface area contributed by atoms with Crippen molar-refractivity contribution < 1.29 is 33.0 Å². The molecule has 2 heterocycles. The van der Waals surface area contributed by atoms with Crippen LogP contribution in [0.1, 0.15) is 73.0 Å². The summed E-state index contributed by atoms with van der Waals surface area (Å²) in [5.74, 6) is -2.07. The fraction of sp³-hybridized carbons (Fsp3) is 0.548. The van der Waals surface area contributed by atoms with E-state index in [9.17, 15) is 19.1 Å². The number of likely N-dealkylation sites (tertiary alicyclic amines) is 2. The summed E-state index contributed by atoms with van der Waals surface area (Å²) >= 11 is 12.5. The molecule has 5 rings (SSSR count). The Kier molecular flexibility index (Phi) is 10.7. The third-order valence-electron chi connectivity index (χ3n) is 8.30. The van der Waals surface area contributed by atoms with Gasteiger partial charge in [-0.2, -0.15) is 0 Å². The second-order valence-electron chi connectivity index (χ2n) is 11.3. The molecule has 11 heteroatoms. The maximum Gasteiger partial charge on any atom is 0.326 e. The number of aliphatic carboxylic acids is 1. The van der Waals surface area contributed by atoms with E-state index >= 15 is 4.39 Å². The van der Waals surface area contributed by atoms with Crippen molar-refractivity contribution >= 4 is 35.1 Å². The van der Waals surface area contributed by atoms with E-state index in [1.54, 1.807) is 13.2 Å². The second-order valence-corrected chi connectivity index (χ2v) is 12.1. The molecule has 0 bridgehead atoms. The predicted molar refractivity (Wildman–Crippen MR) is 158 cm³/mol. The molecule has 0 spiro atoms. The van der Waals surface area contributed by atoms with Gasteiger partial charge in [0.05, 0.1) is 31.4 Å². The molecule has 1 amide bonds. The van der Waals surface area contributed by atoms with E-state index < -0.39 is 29.9 Å². The van der Waals surface area contributed by atoms with Crippen LogP contribution in [0.25, 0.3) is 0 Å². The lowest BCUT2D eigenvalue weighted by molar-refractivity contribution is -0.141. The van der Waals surface area contributed by atoms with Gasteiger partial charge in [0.1, 0.15) is 23.8 Å². The standard InChI is InChI=1S/C30H34Cl2F2N2O5.CH4/c1-40-16-27(19-8-20(31)10-21(32)9-19)35-6-4-17(5-7-35)15-41-28-13-25(34)24(12-23(28)18-2-3-18)29(37)36-14-22(33)11-26(36)30(38)39;/h8-10,12-13,17-18,22,26-27H,2-7,11,14-16H2,1H3,(H,38,39);1H4/t22-,26+,27+;/m1./s1. The van der Waals surface area contributed by atoms with E-state index in [0.29, 0.717) is 29.0 Å². The van der Waals surface area contributed by atoms with Gasteiger partial charge in [0.15, 0.2) is 0 Å². The fourth-order valence-electron chi connectivity index (χ4n) is 5.95. The first-order valence-electron chi connectivity index (χ1n) is 14.0. The van der Waals surface area contributed by atoms with Gasteiger partial charge in [-0.15, -0.1) is 0 Å². The number of carbonyl (C=O) groups is 2. The highest BCUT2D eigenvalue weighted by atomic mass is 35.5. The van der Waals surface area contributed by atoms with Gasteiger partial charge in [-0.3, -0.25) is 9.69 Å². The summed E-state index contributed by atoms with van der Waals surface area (Å²) in [6, 6.07) is 6.95. The number of piperidine rings is 1. The van der Waals surface area contributed by atoms with Crippen molar-refractivity contribution in [3.05, 3.63) is 62.9 Å². The molecule has 2 aliphatic heterocycles. The molecule has 7 nitrogen and oxygen atoms in total. The number of ether oxygens (including phenoxy) is 2. The quantitative estimate of drug-likeness (QED) is 0.314. The van der Waals surface area contributed by atoms with Crippen molar-refractivity contribution in [1.82, 2.24) is 9.80 Å². The van der Waals surface area contributed by atoms with Gasteiger partial charge in [-0.05, 0) is 86.0 Å². The van der Waals surface area contributed by atoms with Crippen LogP contribution < -0.4 is 4.74 Å². The van der Waals surface area contributed by atoms with Crippen LogP contribution in [-0.2, 0) is 9.53 Å². The van der Waals surface area contributed by atoms with Gasteiger partial charge in [0, 0.05) is 29.6 Å². The second kappa shape index (κ2) is 13.9. The first-order valence-corrected chi connectivity index (χ1v) is 14.7. The van der Waals surface area contributed by atoms with Crippen molar-refractivity contribution in [2.24, 2.45) is 5.92 Å². The van der Waals surface area contributed by atoms with Gasteiger partial charge < -0.3 is 19.5 Å². The summed E-state index contributed by atoms with van der Waals surface area (Å²) in [6.45, 7) is 2.19. The highest BCUT2D eigenvalue weighted by molar-refractivity contribution is 6.34. The molecule has 2 aromatic rings. The number of halogens is 4. The molecule has 230 valence electrons. The smallest absolute Gasteiger partial charge is 0.326 e. The highest BCUT2D eigenvalue weighted by Gasteiger charge is 2.41. The molecule has 2 aromatic carbocycles. The number of amides is 1. The third-order valence-corrected chi connectivity index (χ3v) is 8.74. The Morgan fingerprint density at radius 1 is 1.07 bits per heavy atom. The average molecular weight is 628 g/mol. The van der Waals surface area contributed by atoms with Gasteiger partial charge in [-0.25, -0.2) is 13.6 Å². The Labute approximate surface area is 255 Å². The minimum atomic E-state index is -1.45. The molecule has 0 radical (unpaired) electrons. The van der Waals surface area contributed by atoms with Crippen LogP contribution >= 0.6 is 23.2 Å². The van der Waals surface area contributed by atoms with Crippen molar-refractivity contribution in [3.63, 3.8) is 0 Å². The molecule has 3 fully saturated rings. The van der Waals surface area contributed by atoms with Crippen LogP contribution in [0.2, 0.25) is 10.0 Å². The lowest BCUT2D eigenvalue weighted by Crippen LogP contribution is -2.41. The number of carboxylic acid groups (broad SMARTS) is 1. The number of hydrogen-bond donors (Lipinski definition) is 1. The summed E-state index contributed by atoms with van der Waals surface area (Å²) in [5, 5.41) is 10.6. The van der Waals surface area contributed by atoms with Crippen LogP contribution in [-0.4, -0.2) is 79.0 Å². The first-order chi connectivity index (χ1) is 19.6. The Morgan fingerprint density at radius 3 is 2.33 bits per heavy atom. The molecular weight excluding hydrogens is 589 g/mol. The van der Waals surface area contributed by atoms with E-state index in [0.717, 1.165) is 54.8 Å². The minimum absolute atomic E-state index is 0. The Hall–Kier alpha value is -2.46. The average Bonchev–Trinajstić information content (AvgIpc) is 3.70. The van der Waals surface area contributed by atoms with Crippen LogP contribution in [0.3, 0.4) is 0 Å². The zero-order valence-corrected chi connectivity index (χ0v) is 24.3. The monoisotopic (exact) mass is 626 g/mol. The Morgan fingerprint density at radius 2 is 1.74 bits per heavy atom. The molecule has 1 aliphatic carbocycles. The number of nitrogens with zero attached hydrogens (tertiary/aromatic N) is 2. The summed E-state index contributed by atoms with van der Waals surface area (Å²) in [6.07, 6.45) is 1.81. The summed E-state index contributed by atoms with van der Waals surface area (Å²) in [4.78, 5) is 27.9. The largest absolute Gasteiger partial charge is 0.493 e. The van der Waals surface area contributed by atoms with Crippen LogP contribution in [0.5, 0.6) is 5.75 Å². The molecule has 1 N–H and O–H groups in total. The van der Waals surface area contributed by atoms with Crippen LogP contribution in [0, 0.1) is 11.7 Å². The van der Waals surface area contributed by atoms with Crippen LogP contribution in [0.4, 0.5) is 8.78 Å². The van der Waals surface area contributed by atoms with E-state index in [2.05, 4.69) is 4.90 Å². The third kappa shape index (κ3) is 7.36. The Bertz CT molecular complexity index is 1270. The minimum Gasteiger partial charge on any atom is -0.493 e. The molecule has 2 saturated heterocycles. The lowest BCUT2D eigenvalue weighted by Gasteiger charge is -2.37. The van der Waals surface area contributed by atoms with Crippen molar-refractivity contribution in [2.45, 2.75) is 63.7 Å². The number of rotatable bonds is 10. The number of methoxy groups -OCH3 is 1. The van der Waals surface area contributed by atoms with Crippen LogP contribution in [0.15, 0.2) is 30.3 Å². The number of carbonyl (C=O) groups excluding carboxylic acids is 1. The fourth-order valence-corrected chi connectivity index (χ4v) is 6.49. The summed E-state index contributed by atoms with van der Waals surface area (Å²) in [7, 11) is 1.67. The maximum atomic E-state index is 15.2. The molecule has 3 aliphatic rings. The van der Waals surface area contributed by atoms with E-state index in [1.807, 2.05) is 12.1 Å². The molecule has 0 aromatic heterocycles. The van der Waals surface area contributed by atoms with Gasteiger partial charge in [0.2, 0.25) is 0 Å². The molecule has 3 atom stereocenters. The zero-order valence-electron chi connectivity index (χ0n) is 22.8. The molecule has 0 unspecified atom stereocenters. The van der Waals surface area contributed by atoms with E-state index in [1.165, 1.54) is 12.1 Å². The lowest BCUT2D eigenvalue weighted by atomic mass is 9.95. The van der Waals surface area contributed by atoms with E-state index in [4.69, 9.17) is 32.7 Å². The van der Waals surface area contributed by atoms with Gasteiger partial charge in [0.25, 0.3) is 5.91 Å². The topological polar surface area (TPSA) is 79.3 Å². The zero-order chi connectivity index (χ0) is 29.3. The molecule has 42 heavy (non-hydrogen) atoms. The summed E-state index contributed by atoms with van der Waals surface area (Å²) < 4.78 is 40.8. The van der Waals surface area contributed by atoms with Crippen molar-refractivity contribution in [2.75, 3.05) is 40.0 Å². The van der Waals surface area contributed by atoms with Gasteiger partial charge >= 0.3 is 5.97 Å². The maximum absolute atomic E-state index is 15.2. The van der Waals surface area contributed by atoms with Crippen molar-refractivity contribution in [1.29, 1.82) is 0 Å². The molecular formula is C31H38Cl2F2N2O5.